The number of nitrogens with zero attached hydrogens (tertiary/aromatic N) is 1. The van der Waals surface area contributed by atoms with Gasteiger partial charge in [0.2, 0.25) is 0 Å². The third-order valence-electron chi connectivity index (χ3n) is 3.50. The molecule has 114 valence electrons. The molecule has 0 fully saturated rings. The molecule has 0 aliphatic carbocycles. The summed E-state index contributed by atoms with van der Waals surface area (Å²) in [5.74, 6) is 0. The first-order valence-corrected chi connectivity index (χ1v) is 8.36. The van der Waals surface area contributed by atoms with E-state index in [9.17, 15) is 8.42 Å². The molecule has 0 amide bonds. The van der Waals surface area contributed by atoms with E-state index in [-0.39, 0.29) is 17.1 Å². The molecule has 2 aromatic carbocycles. The highest BCUT2D eigenvalue weighted by Crippen LogP contribution is 2.28. The van der Waals surface area contributed by atoms with Crippen LogP contribution in [0.4, 0.5) is 5.69 Å². The zero-order chi connectivity index (χ0) is 15.9. The molecule has 3 aromatic rings. The molecule has 0 aliphatic rings. The van der Waals surface area contributed by atoms with Gasteiger partial charge < -0.3 is 11.5 Å². The molecule has 0 saturated heterocycles. The second kappa shape index (κ2) is 5.31. The van der Waals surface area contributed by atoms with E-state index in [2.05, 4.69) is 0 Å². The number of benzene rings is 2. The van der Waals surface area contributed by atoms with E-state index < -0.39 is 10.0 Å². The molecule has 1 heterocycles. The van der Waals surface area contributed by atoms with Crippen LogP contribution in [0.2, 0.25) is 5.02 Å². The fourth-order valence-electron chi connectivity index (χ4n) is 2.38. The van der Waals surface area contributed by atoms with Gasteiger partial charge in [0.05, 0.1) is 21.1 Å². The summed E-state index contributed by atoms with van der Waals surface area (Å²) in [5, 5.41) is 1.13. The van der Waals surface area contributed by atoms with Gasteiger partial charge in [0, 0.05) is 18.1 Å². The highest BCUT2D eigenvalue weighted by atomic mass is 35.5. The summed E-state index contributed by atoms with van der Waals surface area (Å²) in [6.07, 6.45) is 1.55. The lowest BCUT2D eigenvalue weighted by molar-refractivity contribution is 0.589. The van der Waals surface area contributed by atoms with Crippen LogP contribution < -0.4 is 11.5 Å². The number of nitrogen functional groups attached to an aromatic ring is 1. The average Bonchev–Trinajstić information content (AvgIpc) is 2.89. The number of halogens is 1. The van der Waals surface area contributed by atoms with Gasteiger partial charge in [0.1, 0.15) is 0 Å². The van der Waals surface area contributed by atoms with Gasteiger partial charge in [-0.15, -0.1) is 0 Å². The van der Waals surface area contributed by atoms with Crippen molar-refractivity contribution in [2.24, 2.45) is 5.73 Å². The predicted octanol–water partition coefficient (Wildman–Crippen LogP) is 2.57. The lowest BCUT2D eigenvalue weighted by atomic mass is 10.2. The maximum Gasteiger partial charge on any atom is 0.268 e. The minimum absolute atomic E-state index is 0.0822. The number of anilines is 1. The minimum Gasteiger partial charge on any atom is -0.397 e. The standard InChI is InChI=1S/C15H14ClN3O2S/c16-13-6-5-11(7-14(13)18)22(20,21)19-9-10(8-17)12-3-1-2-4-15(12)19/h1-7,9H,8,17-18H2. The smallest absolute Gasteiger partial charge is 0.268 e. The van der Waals surface area contributed by atoms with Crippen molar-refractivity contribution in [2.75, 3.05) is 5.73 Å². The first kappa shape index (κ1) is 14.9. The van der Waals surface area contributed by atoms with Crippen LogP contribution in [0.1, 0.15) is 5.56 Å². The van der Waals surface area contributed by atoms with E-state index in [0.717, 1.165) is 10.9 Å². The van der Waals surface area contributed by atoms with E-state index in [4.69, 9.17) is 23.1 Å². The Labute approximate surface area is 133 Å². The maximum atomic E-state index is 12.9. The second-order valence-electron chi connectivity index (χ2n) is 4.86. The van der Waals surface area contributed by atoms with Crippen LogP contribution in [0.5, 0.6) is 0 Å². The fraction of sp³-hybridized carbons (Fsp3) is 0.0667. The van der Waals surface area contributed by atoms with Crippen LogP contribution >= 0.6 is 11.6 Å². The number of rotatable bonds is 3. The first-order valence-electron chi connectivity index (χ1n) is 6.55. The van der Waals surface area contributed by atoms with Crippen molar-refractivity contribution in [3.63, 3.8) is 0 Å². The highest BCUT2D eigenvalue weighted by Gasteiger charge is 2.21. The Bertz CT molecular complexity index is 964. The molecule has 3 rings (SSSR count). The van der Waals surface area contributed by atoms with Crippen molar-refractivity contribution in [3.8, 4) is 0 Å². The molecule has 5 nitrogen and oxygen atoms in total. The molecular weight excluding hydrogens is 322 g/mol. The highest BCUT2D eigenvalue weighted by molar-refractivity contribution is 7.90. The van der Waals surface area contributed by atoms with Gasteiger partial charge in [0.15, 0.2) is 0 Å². The van der Waals surface area contributed by atoms with Gasteiger partial charge in [-0.05, 0) is 29.8 Å². The SMILES string of the molecule is NCc1cn(S(=O)(=O)c2ccc(Cl)c(N)c2)c2ccccc12. The summed E-state index contributed by atoms with van der Waals surface area (Å²) in [6.45, 7) is 0.256. The number of para-hydroxylation sites is 1. The topological polar surface area (TPSA) is 91.1 Å². The Balaban J connectivity index is 2.27. The lowest BCUT2D eigenvalue weighted by Crippen LogP contribution is -2.12. The van der Waals surface area contributed by atoms with Crippen LogP contribution in [-0.4, -0.2) is 12.4 Å². The number of fused-ring (bicyclic) bond motifs is 1. The molecule has 1 aromatic heterocycles. The number of nitrogens with two attached hydrogens (primary N) is 2. The Kier molecular flexibility index (Phi) is 3.60. The number of hydrogen-bond acceptors (Lipinski definition) is 4. The third-order valence-corrected chi connectivity index (χ3v) is 5.52. The third kappa shape index (κ3) is 2.25. The van der Waals surface area contributed by atoms with Crippen molar-refractivity contribution < 1.29 is 8.42 Å². The molecule has 0 radical (unpaired) electrons. The zero-order valence-electron chi connectivity index (χ0n) is 11.5. The van der Waals surface area contributed by atoms with Crippen LogP contribution in [0.15, 0.2) is 53.6 Å². The minimum atomic E-state index is -3.77. The van der Waals surface area contributed by atoms with Crippen LogP contribution in [0.25, 0.3) is 10.9 Å². The molecular formula is C15H14ClN3O2S. The Hall–Kier alpha value is -2.02. The summed E-state index contributed by atoms with van der Waals surface area (Å²) in [4.78, 5) is 0.0822. The quantitative estimate of drug-likeness (QED) is 0.720. The molecule has 0 atom stereocenters. The monoisotopic (exact) mass is 335 g/mol. The normalized spacial score (nSPS) is 11.9. The Morgan fingerprint density at radius 1 is 1.14 bits per heavy atom. The summed E-state index contributed by atoms with van der Waals surface area (Å²) >= 11 is 5.86. The molecule has 0 saturated carbocycles. The van der Waals surface area contributed by atoms with Crippen molar-refractivity contribution in [3.05, 3.63) is 59.2 Å². The van der Waals surface area contributed by atoms with Crippen LogP contribution in [0, 0.1) is 0 Å². The Morgan fingerprint density at radius 2 is 1.86 bits per heavy atom. The summed E-state index contributed by atoms with van der Waals surface area (Å²) in [6, 6.07) is 11.5. The molecule has 0 aliphatic heterocycles. The average molecular weight is 336 g/mol. The molecule has 0 spiro atoms. The molecule has 0 bridgehead atoms. The van der Waals surface area contributed by atoms with Crippen LogP contribution in [0.3, 0.4) is 0 Å². The van der Waals surface area contributed by atoms with Gasteiger partial charge in [-0.3, -0.25) is 0 Å². The largest absolute Gasteiger partial charge is 0.397 e. The Morgan fingerprint density at radius 3 is 2.55 bits per heavy atom. The van der Waals surface area contributed by atoms with Crippen molar-refractivity contribution in [2.45, 2.75) is 11.4 Å². The van der Waals surface area contributed by atoms with Gasteiger partial charge in [-0.2, -0.15) is 0 Å². The molecule has 22 heavy (non-hydrogen) atoms. The van der Waals surface area contributed by atoms with E-state index in [0.29, 0.717) is 10.5 Å². The fourth-order valence-corrected chi connectivity index (χ4v) is 3.92. The van der Waals surface area contributed by atoms with Crippen molar-refractivity contribution in [1.29, 1.82) is 0 Å². The summed E-state index contributed by atoms with van der Waals surface area (Å²) in [7, 11) is -3.77. The van der Waals surface area contributed by atoms with Gasteiger partial charge in [-0.25, -0.2) is 12.4 Å². The van der Waals surface area contributed by atoms with E-state index in [1.165, 1.54) is 22.2 Å². The van der Waals surface area contributed by atoms with Gasteiger partial charge >= 0.3 is 0 Å². The molecule has 7 heteroatoms. The van der Waals surface area contributed by atoms with Crippen molar-refractivity contribution in [1.82, 2.24) is 3.97 Å². The molecule has 0 unspecified atom stereocenters. The number of aromatic nitrogens is 1. The van der Waals surface area contributed by atoms with Gasteiger partial charge in [-0.1, -0.05) is 29.8 Å². The zero-order valence-corrected chi connectivity index (χ0v) is 13.1. The summed E-state index contributed by atoms with van der Waals surface area (Å²) < 4.78 is 27.0. The van der Waals surface area contributed by atoms with Crippen molar-refractivity contribution >= 4 is 38.2 Å². The van der Waals surface area contributed by atoms with Crippen LogP contribution in [-0.2, 0) is 16.6 Å². The molecule has 4 N–H and O–H groups in total. The van der Waals surface area contributed by atoms with E-state index in [1.54, 1.807) is 18.3 Å². The first-order chi connectivity index (χ1) is 10.4. The summed E-state index contributed by atoms with van der Waals surface area (Å²) in [5.41, 5.74) is 13.0. The lowest BCUT2D eigenvalue weighted by Gasteiger charge is -2.08. The predicted molar refractivity (Wildman–Crippen MR) is 88.3 cm³/mol. The van der Waals surface area contributed by atoms with E-state index >= 15 is 0 Å². The van der Waals surface area contributed by atoms with Gasteiger partial charge in [0.25, 0.3) is 10.0 Å². The van der Waals surface area contributed by atoms with E-state index in [1.807, 2.05) is 12.1 Å². The maximum absolute atomic E-state index is 12.9. The number of hydrogen-bond donors (Lipinski definition) is 2. The second-order valence-corrected chi connectivity index (χ2v) is 7.08.